The normalized spacial score (nSPS) is 11.3. The van der Waals surface area contributed by atoms with Crippen LogP contribution in [0.15, 0.2) is 46.0 Å². The van der Waals surface area contributed by atoms with Gasteiger partial charge in [0.25, 0.3) is 10.0 Å². The lowest BCUT2D eigenvalue weighted by Crippen LogP contribution is -2.14. The van der Waals surface area contributed by atoms with Crippen LogP contribution in [-0.4, -0.2) is 13.4 Å². The van der Waals surface area contributed by atoms with Crippen LogP contribution in [0.1, 0.15) is 5.56 Å². The molecule has 0 amide bonds. The molecule has 0 saturated carbocycles. The second kappa shape index (κ2) is 5.18. The summed E-state index contributed by atoms with van der Waals surface area (Å²) in [6.07, 6.45) is 3.12. The van der Waals surface area contributed by atoms with Gasteiger partial charge >= 0.3 is 0 Å². The van der Waals surface area contributed by atoms with Gasteiger partial charge in [0.1, 0.15) is 0 Å². The van der Waals surface area contributed by atoms with Crippen LogP contribution in [0.3, 0.4) is 0 Å². The molecule has 0 radical (unpaired) electrons. The van der Waals surface area contributed by atoms with Gasteiger partial charge in [-0.05, 0) is 52.7 Å². The van der Waals surface area contributed by atoms with E-state index in [9.17, 15) is 8.42 Å². The van der Waals surface area contributed by atoms with Gasteiger partial charge in [-0.2, -0.15) is 0 Å². The fourth-order valence-electron chi connectivity index (χ4n) is 1.48. The number of sulfonamides is 1. The lowest BCUT2D eigenvalue weighted by molar-refractivity contribution is 0.601. The Hall–Kier alpha value is -1.60. The monoisotopic (exact) mass is 341 g/mol. The number of nitrogens with one attached hydrogen (secondary N) is 1. The summed E-state index contributed by atoms with van der Waals surface area (Å²) in [4.78, 5) is 4.03. The first-order valence-electron chi connectivity index (χ1n) is 5.38. The van der Waals surface area contributed by atoms with Gasteiger partial charge in [0.05, 0.1) is 10.6 Å². The van der Waals surface area contributed by atoms with Crippen molar-refractivity contribution in [2.75, 3.05) is 10.5 Å². The number of aryl methyl sites for hydroxylation is 1. The minimum atomic E-state index is -3.65. The summed E-state index contributed by atoms with van der Waals surface area (Å²) in [6, 6.07) is 6.10. The van der Waals surface area contributed by atoms with Gasteiger partial charge in [0, 0.05) is 22.6 Å². The van der Waals surface area contributed by atoms with E-state index in [1.54, 1.807) is 25.3 Å². The average Bonchev–Trinajstić information content (AvgIpc) is 2.35. The lowest BCUT2D eigenvalue weighted by atomic mass is 10.3. The summed E-state index contributed by atoms with van der Waals surface area (Å²) in [5.41, 5.74) is 7.30. The summed E-state index contributed by atoms with van der Waals surface area (Å²) in [5.74, 6) is 0. The van der Waals surface area contributed by atoms with E-state index in [2.05, 4.69) is 25.6 Å². The second-order valence-electron chi connectivity index (χ2n) is 3.98. The summed E-state index contributed by atoms with van der Waals surface area (Å²) in [7, 11) is -3.65. The standard InChI is InChI=1S/C12H12BrN3O2S/c1-8-7-15-5-4-12(8)16-19(17,18)9-2-3-10(13)11(14)6-9/h2-7H,14H2,1H3,(H,15,16). The maximum absolute atomic E-state index is 12.2. The van der Waals surface area contributed by atoms with Crippen molar-refractivity contribution in [1.82, 2.24) is 4.98 Å². The van der Waals surface area contributed by atoms with Gasteiger partial charge in [-0.15, -0.1) is 0 Å². The van der Waals surface area contributed by atoms with Crippen LogP contribution in [0.4, 0.5) is 11.4 Å². The molecule has 1 heterocycles. The minimum absolute atomic E-state index is 0.115. The zero-order valence-corrected chi connectivity index (χ0v) is 12.5. The van der Waals surface area contributed by atoms with Gasteiger partial charge in [-0.25, -0.2) is 8.42 Å². The third-order valence-electron chi connectivity index (χ3n) is 2.54. The second-order valence-corrected chi connectivity index (χ2v) is 6.52. The van der Waals surface area contributed by atoms with Crippen molar-refractivity contribution >= 4 is 37.3 Å². The molecule has 7 heteroatoms. The van der Waals surface area contributed by atoms with Crippen molar-refractivity contribution in [3.63, 3.8) is 0 Å². The number of nitrogens with zero attached hydrogens (tertiary/aromatic N) is 1. The smallest absolute Gasteiger partial charge is 0.261 e. The number of nitrogen functional groups attached to an aromatic ring is 1. The topological polar surface area (TPSA) is 85.1 Å². The summed E-state index contributed by atoms with van der Waals surface area (Å²) < 4.78 is 27.6. The third-order valence-corrected chi connectivity index (χ3v) is 4.63. The van der Waals surface area contributed by atoms with Crippen molar-refractivity contribution < 1.29 is 8.42 Å². The maximum Gasteiger partial charge on any atom is 0.261 e. The zero-order valence-electron chi connectivity index (χ0n) is 10.1. The zero-order chi connectivity index (χ0) is 14.0. The van der Waals surface area contributed by atoms with E-state index in [1.165, 1.54) is 18.3 Å². The van der Waals surface area contributed by atoms with E-state index < -0.39 is 10.0 Å². The van der Waals surface area contributed by atoms with Crippen LogP contribution in [0.2, 0.25) is 0 Å². The van der Waals surface area contributed by atoms with E-state index in [0.717, 1.165) is 5.56 Å². The molecule has 2 aromatic rings. The van der Waals surface area contributed by atoms with Crippen LogP contribution >= 0.6 is 15.9 Å². The van der Waals surface area contributed by atoms with Gasteiger partial charge in [0.15, 0.2) is 0 Å². The fraction of sp³-hybridized carbons (Fsp3) is 0.0833. The SMILES string of the molecule is Cc1cnccc1NS(=O)(=O)c1ccc(Br)c(N)c1. The first-order valence-corrected chi connectivity index (χ1v) is 7.66. The molecule has 100 valence electrons. The Morgan fingerprint density at radius 2 is 2.05 bits per heavy atom. The summed E-state index contributed by atoms with van der Waals surface area (Å²) >= 11 is 3.23. The molecule has 0 unspecified atom stereocenters. The van der Waals surface area contributed by atoms with Crippen molar-refractivity contribution in [1.29, 1.82) is 0 Å². The molecular weight excluding hydrogens is 330 g/mol. The molecule has 0 aliphatic heterocycles. The van der Waals surface area contributed by atoms with Gasteiger partial charge < -0.3 is 5.73 Å². The number of hydrogen-bond donors (Lipinski definition) is 2. The summed E-state index contributed by atoms with van der Waals surface area (Å²) in [5, 5.41) is 0. The van der Waals surface area contributed by atoms with Crippen LogP contribution in [0.25, 0.3) is 0 Å². The van der Waals surface area contributed by atoms with Gasteiger partial charge in [-0.1, -0.05) is 0 Å². The highest BCUT2D eigenvalue weighted by atomic mass is 79.9. The third kappa shape index (κ3) is 3.05. The predicted molar refractivity (Wildman–Crippen MR) is 78.3 cm³/mol. The molecule has 2 rings (SSSR count). The number of benzene rings is 1. The predicted octanol–water partition coefficient (Wildman–Crippen LogP) is 2.54. The maximum atomic E-state index is 12.2. The van der Waals surface area contributed by atoms with E-state index in [0.29, 0.717) is 15.8 Å². The van der Waals surface area contributed by atoms with Crippen molar-refractivity contribution in [2.24, 2.45) is 0 Å². The van der Waals surface area contributed by atoms with Crippen molar-refractivity contribution in [3.05, 3.63) is 46.7 Å². The molecule has 0 bridgehead atoms. The fourth-order valence-corrected chi connectivity index (χ4v) is 2.89. The number of rotatable bonds is 3. The quantitative estimate of drug-likeness (QED) is 0.840. The Balaban J connectivity index is 2.38. The van der Waals surface area contributed by atoms with E-state index in [-0.39, 0.29) is 4.90 Å². The first-order chi connectivity index (χ1) is 8.90. The molecule has 3 N–H and O–H groups in total. The Bertz CT molecular complexity index is 717. The lowest BCUT2D eigenvalue weighted by Gasteiger charge is -2.10. The number of hydrogen-bond acceptors (Lipinski definition) is 4. The molecule has 0 saturated heterocycles. The number of anilines is 2. The minimum Gasteiger partial charge on any atom is -0.398 e. The van der Waals surface area contributed by atoms with E-state index >= 15 is 0 Å². The number of aromatic nitrogens is 1. The van der Waals surface area contributed by atoms with Crippen LogP contribution in [0, 0.1) is 6.92 Å². The molecule has 1 aromatic heterocycles. The van der Waals surface area contributed by atoms with Crippen LogP contribution in [-0.2, 0) is 10.0 Å². The molecular formula is C12H12BrN3O2S. The molecule has 19 heavy (non-hydrogen) atoms. The molecule has 5 nitrogen and oxygen atoms in total. The van der Waals surface area contributed by atoms with E-state index in [4.69, 9.17) is 5.73 Å². The molecule has 0 aliphatic carbocycles. The molecule has 0 aliphatic rings. The van der Waals surface area contributed by atoms with Crippen LogP contribution in [0.5, 0.6) is 0 Å². The molecule has 1 aromatic carbocycles. The van der Waals surface area contributed by atoms with Crippen molar-refractivity contribution in [2.45, 2.75) is 11.8 Å². The van der Waals surface area contributed by atoms with Crippen molar-refractivity contribution in [3.8, 4) is 0 Å². The number of nitrogens with two attached hydrogens (primary N) is 1. The molecule has 0 atom stereocenters. The Kier molecular flexibility index (Phi) is 3.77. The Labute approximate surface area is 120 Å². The number of pyridine rings is 1. The van der Waals surface area contributed by atoms with Gasteiger partial charge in [0.2, 0.25) is 0 Å². The highest BCUT2D eigenvalue weighted by molar-refractivity contribution is 9.10. The Morgan fingerprint density at radius 1 is 1.32 bits per heavy atom. The largest absolute Gasteiger partial charge is 0.398 e. The summed E-state index contributed by atoms with van der Waals surface area (Å²) in [6.45, 7) is 1.78. The van der Waals surface area contributed by atoms with Crippen LogP contribution < -0.4 is 10.5 Å². The first kappa shape index (κ1) is 13.8. The Morgan fingerprint density at radius 3 is 2.68 bits per heavy atom. The highest BCUT2D eigenvalue weighted by Gasteiger charge is 2.16. The number of halogens is 1. The average molecular weight is 342 g/mol. The molecule has 0 spiro atoms. The highest BCUT2D eigenvalue weighted by Crippen LogP contribution is 2.24. The van der Waals surface area contributed by atoms with E-state index in [1.807, 2.05) is 0 Å². The van der Waals surface area contributed by atoms with Gasteiger partial charge in [-0.3, -0.25) is 9.71 Å². The molecule has 0 fully saturated rings.